The lowest BCUT2D eigenvalue weighted by Gasteiger charge is -2.35. The number of sulfonamides is 1. The summed E-state index contributed by atoms with van der Waals surface area (Å²) in [7, 11) is -3.63. The number of piperidine rings is 1. The second-order valence-electron chi connectivity index (χ2n) is 7.90. The molecule has 1 heterocycles. The van der Waals surface area contributed by atoms with Crippen molar-refractivity contribution in [3.05, 3.63) is 59.7 Å². The molecular weight excluding hydrogens is 414 g/mol. The van der Waals surface area contributed by atoms with Gasteiger partial charge in [0.25, 0.3) is 0 Å². The Hall–Kier alpha value is -2.71. The number of carbonyl (C=O) groups is 2. The molecule has 0 spiro atoms. The SMILES string of the molecule is Cc1ccc(C)c(S(=O)(=O)N2CCCC[C@H]2CCNC(=O)C(=O)Nc2ccccc2)c1. The van der Waals surface area contributed by atoms with Crippen molar-refractivity contribution in [1.82, 2.24) is 9.62 Å². The number of nitrogens with one attached hydrogen (secondary N) is 2. The third-order valence-electron chi connectivity index (χ3n) is 5.50. The predicted molar refractivity (Wildman–Crippen MR) is 120 cm³/mol. The molecule has 166 valence electrons. The number of hydrogen-bond acceptors (Lipinski definition) is 4. The van der Waals surface area contributed by atoms with Crippen LogP contribution in [0, 0.1) is 13.8 Å². The van der Waals surface area contributed by atoms with Gasteiger partial charge in [-0.25, -0.2) is 8.42 Å². The highest BCUT2D eigenvalue weighted by Crippen LogP contribution is 2.29. The van der Waals surface area contributed by atoms with Gasteiger partial charge in [0.15, 0.2) is 0 Å². The van der Waals surface area contributed by atoms with E-state index in [-0.39, 0.29) is 12.6 Å². The Balaban J connectivity index is 1.61. The minimum absolute atomic E-state index is 0.212. The molecule has 7 nitrogen and oxygen atoms in total. The van der Waals surface area contributed by atoms with Gasteiger partial charge in [-0.3, -0.25) is 9.59 Å². The second-order valence-corrected chi connectivity index (χ2v) is 9.76. The van der Waals surface area contributed by atoms with E-state index >= 15 is 0 Å². The van der Waals surface area contributed by atoms with Crippen molar-refractivity contribution in [3.8, 4) is 0 Å². The van der Waals surface area contributed by atoms with Gasteiger partial charge in [0.2, 0.25) is 10.0 Å². The quantitative estimate of drug-likeness (QED) is 0.671. The molecule has 1 fully saturated rings. The number of para-hydroxylation sites is 1. The van der Waals surface area contributed by atoms with E-state index in [1.54, 1.807) is 41.6 Å². The van der Waals surface area contributed by atoms with Gasteiger partial charge in [-0.05, 0) is 62.4 Å². The Bertz CT molecular complexity index is 1040. The number of benzene rings is 2. The standard InChI is InChI=1S/C23H29N3O4S/c1-17-11-12-18(2)21(16-17)31(29,30)26-15-7-6-10-20(26)13-14-24-22(27)23(28)25-19-8-4-3-5-9-19/h3-5,8-9,11-12,16,20H,6-7,10,13-15H2,1-2H3,(H,24,27)(H,25,28)/t20-/m0/s1. The van der Waals surface area contributed by atoms with Crippen molar-refractivity contribution in [3.63, 3.8) is 0 Å². The molecule has 0 aliphatic carbocycles. The van der Waals surface area contributed by atoms with Crippen LogP contribution in [-0.4, -0.2) is 43.7 Å². The molecule has 0 unspecified atom stereocenters. The van der Waals surface area contributed by atoms with Gasteiger partial charge in [0.05, 0.1) is 4.90 Å². The van der Waals surface area contributed by atoms with E-state index in [4.69, 9.17) is 0 Å². The highest BCUT2D eigenvalue weighted by atomic mass is 32.2. The fraction of sp³-hybridized carbons (Fsp3) is 0.391. The van der Waals surface area contributed by atoms with Crippen LogP contribution in [0.25, 0.3) is 0 Å². The zero-order valence-corrected chi connectivity index (χ0v) is 18.7. The number of anilines is 1. The molecule has 0 bridgehead atoms. The molecule has 2 aromatic rings. The Labute approximate surface area is 183 Å². The number of rotatable bonds is 6. The molecule has 3 rings (SSSR count). The van der Waals surface area contributed by atoms with E-state index in [1.165, 1.54) is 0 Å². The Morgan fingerprint density at radius 3 is 2.52 bits per heavy atom. The van der Waals surface area contributed by atoms with Crippen LogP contribution in [0.3, 0.4) is 0 Å². The van der Waals surface area contributed by atoms with Gasteiger partial charge in [0.1, 0.15) is 0 Å². The van der Waals surface area contributed by atoms with E-state index in [1.807, 2.05) is 25.1 Å². The first kappa shape index (κ1) is 23.0. The van der Waals surface area contributed by atoms with Crippen LogP contribution < -0.4 is 10.6 Å². The zero-order valence-electron chi connectivity index (χ0n) is 17.9. The molecule has 0 aromatic heterocycles. The molecule has 1 atom stereocenters. The molecular formula is C23H29N3O4S. The van der Waals surface area contributed by atoms with Crippen molar-refractivity contribution in [2.24, 2.45) is 0 Å². The molecule has 1 aliphatic heterocycles. The topological polar surface area (TPSA) is 95.6 Å². The van der Waals surface area contributed by atoms with Crippen LogP contribution in [0.2, 0.25) is 0 Å². The maximum Gasteiger partial charge on any atom is 0.313 e. The van der Waals surface area contributed by atoms with Crippen LogP contribution in [0.4, 0.5) is 5.69 Å². The van der Waals surface area contributed by atoms with Gasteiger partial charge >= 0.3 is 11.8 Å². The van der Waals surface area contributed by atoms with Crippen molar-refractivity contribution >= 4 is 27.5 Å². The van der Waals surface area contributed by atoms with Crippen LogP contribution in [-0.2, 0) is 19.6 Å². The van der Waals surface area contributed by atoms with Crippen LogP contribution >= 0.6 is 0 Å². The first-order valence-corrected chi connectivity index (χ1v) is 12.0. The van der Waals surface area contributed by atoms with Crippen molar-refractivity contribution in [2.75, 3.05) is 18.4 Å². The summed E-state index contributed by atoms with van der Waals surface area (Å²) in [6.45, 7) is 4.37. The lowest BCUT2D eigenvalue weighted by molar-refractivity contribution is -0.136. The Morgan fingerprint density at radius 1 is 1.03 bits per heavy atom. The number of nitrogens with zero attached hydrogens (tertiary/aromatic N) is 1. The maximum absolute atomic E-state index is 13.4. The van der Waals surface area contributed by atoms with Crippen molar-refractivity contribution in [2.45, 2.75) is 50.5 Å². The molecule has 8 heteroatoms. The lowest BCUT2D eigenvalue weighted by atomic mass is 10.0. The molecule has 0 radical (unpaired) electrons. The first-order valence-electron chi connectivity index (χ1n) is 10.5. The summed E-state index contributed by atoms with van der Waals surface area (Å²) in [6.07, 6.45) is 2.93. The van der Waals surface area contributed by atoms with Crippen LogP contribution in [0.15, 0.2) is 53.4 Å². The summed E-state index contributed by atoms with van der Waals surface area (Å²) in [5, 5.41) is 5.15. The maximum atomic E-state index is 13.4. The van der Waals surface area contributed by atoms with Crippen molar-refractivity contribution in [1.29, 1.82) is 0 Å². The van der Waals surface area contributed by atoms with Crippen LogP contribution in [0.5, 0.6) is 0 Å². The van der Waals surface area contributed by atoms with Gasteiger partial charge < -0.3 is 10.6 Å². The highest BCUT2D eigenvalue weighted by molar-refractivity contribution is 7.89. The summed E-state index contributed by atoms with van der Waals surface area (Å²) in [6, 6.07) is 14.0. The number of carbonyl (C=O) groups excluding carboxylic acids is 2. The number of aryl methyl sites for hydroxylation is 2. The predicted octanol–water partition coefficient (Wildman–Crippen LogP) is 2.99. The van der Waals surface area contributed by atoms with E-state index < -0.39 is 21.8 Å². The van der Waals surface area contributed by atoms with Crippen molar-refractivity contribution < 1.29 is 18.0 Å². The van der Waals surface area contributed by atoms with Gasteiger partial charge in [-0.1, -0.05) is 36.8 Å². The summed E-state index contributed by atoms with van der Waals surface area (Å²) in [5.41, 5.74) is 2.16. The minimum Gasteiger partial charge on any atom is -0.348 e. The normalized spacial score (nSPS) is 17.2. The van der Waals surface area contributed by atoms with Gasteiger partial charge in [-0.2, -0.15) is 4.31 Å². The molecule has 2 N–H and O–H groups in total. The highest BCUT2D eigenvalue weighted by Gasteiger charge is 2.34. The molecule has 2 aromatic carbocycles. The van der Waals surface area contributed by atoms with Crippen LogP contribution in [0.1, 0.15) is 36.8 Å². The van der Waals surface area contributed by atoms with E-state index in [2.05, 4.69) is 10.6 Å². The molecule has 1 aliphatic rings. The Kier molecular flexibility index (Phi) is 7.46. The minimum atomic E-state index is -3.63. The Morgan fingerprint density at radius 2 is 1.77 bits per heavy atom. The summed E-state index contributed by atoms with van der Waals surface area (Å²) in [4.78, 5) is 24.5. The van der Waals surface area contributed by atoms with E-state index in [0.29, 0.717) is 23.5 Å². The summed E-state index contributed by atoms with van der Waals surface area (Å²) < 4.78 is 28.3. The zero-order chi connectivity index (χ0) is 22.4. The molecule has 1 saturated heterocycles. The average Bonchev–Trinajstić information content (AvgIpc) is 2.76. The fourth-order valence-electron chi connectivity index (χ4n) is 3.83. The lowest BCUT2D eigenvalue weighted by Crippen LogP contribution is -2.46. The van der Waals surface area contributed by atoms with Gasteiger partial charge in [-0.15, -0.1) is 0 Å². The number of hydrogen-bond donors (Lipinski definition) is 2. The fourth-order valence-corrected chi connectivity index (χ4v) is 5.87. The van der Waals surface area contributed by atoms with E-state index in [9.17, 15) is 18.0 Å². The first-order chi connectivity index (χ1) is 14.8. The average molecular weight is 444 g/mol. The monoisotopic (exact) mass is 443 g/mol. The summed E-state index contributed by atoms with van der Waals surface area (Å²) >= 11 is 0. The van der Waals surface area contributed by atoms with Gasteiger partial charge in [0, 0.05) is 24.8 Å². The molecule has 31 heavy (non-hydrogen) atoms. The third kappa shape index (κ3) is 5.71. The second kappa shape index (κ2) is 10.1. The summed E-state index contributed by atoms with van der Waals surface area (Å²) in [5.74, 6) is -1.47. The smallest absolute Gasteiger partial charge is 0.313 e. The number of amides is 2. The van der Waals surface area contributed by atoms with E-state index in [0.717, 1.165) is 30.4 Å². The molecule has 0 saturated carbocycles. The largest absolute Gasteiger partial charge is 0.348 e. The molecule has 2 amide bonds. The third-order valence-corrected chi connectivity index (χ3v) is 7.60.